The average Bonchev–Trinajstić information content (AvgIpc) is 2.90. The molecule has 2 rings (SSSR count). The fourth-order valence-corrected chi connectivity index (χ4v) is 4.22. The van der Waals surface area contributed by atoms with E-state index >= 15 is 0 Å². The van der Waals surface area contributed by atoms with Crippen molar-refractivity contribution < 1.29 is 0 Å². The van der Waals surface area contributed by atoms with E-state index in [1.54, 1.807) is 0 Å². The summed E-state index contributed by atoms with van der Waals surface area (Å²) in [6, 6.07) is 12.1. The van der Waals surface area contributed by atoms with Crippen molar-refractivity contribution in [1.29, 1.82) is 0 Å². The number of thioether (sulfide) groups is 1. The van der Waals surface area contributed by atoms with E-state index in [0.29, 0.717) is 12.1 Å². The van der Waals surface area contributed by atoms with Gasteiger partial charge in [0.15, 0.2) is 0 Å². The smallest absolute Gasteiger partial charge is 0.0472 e. The minimum Gasteiger partial charge on any atom is -0.311 e. The largest absolute Gasteiger partial charge is 0.311 e. The van der Waals surface area contributed by atoms with Crippen molar-refractivity contribution in [3.05, 3.63) is 35.9 Å². The van der Waals surface area contributed by atoms with Crippen molar-refractivity contribution in [3.63, 3.8) is 0 Å². The number of nitrogens with one attached hydrogen (secondary N) is 1. The maximum absolute atomic E-state index is 3.80. The number of rotatable bonds is 7. The predicted molar refractivity (Wildman–Crippen MR) is 90.4 cm³/mol. The van der Waals surface area contributed by atoms with Crippen molar-refractivity contribution >= 4 is 11.8 Å². The van der Waals surface area contributed by atoms with Gasteiger partial charge >= 0.3 is 0 Å². The van der Waals surface area contributed by atoms with E-state index in [2.05, 4.69) is 73.1 Å². The molecule has 0 spiro atoms. The van der Waals surface area contributed by atoms with Gasteiger partial charge in [-0.2, -0.15) is 11.8 Å². The van der Waals surface area contributed by atoms with Crippen molar-refractivity contribution in [1.82, 2.24) is 10.2 Å². The first-order valence-electron chi connectivity index (χ1n) is 7.88. The van der Waals surface area contributed by atoms with Crippen LogP contribution in [0.2, 0.25) is 0 Å². The molecule has 3 atom stereocenters. The molecule has 0 aliphatic carbocycles. The van der Waals surface area contributed by atoms with Crippen LogP contribution in [0.25, 0.3) is 0 Å². The quantitative estimate of drug-likeness (QED) is 0.827. The molecule has 1 aliphatic rings. The van der Waals surface area contributed by atoms with Gasteiger partial charge in [0.1, 0.15) is 0 Å². The van der Waals surface area contributed by atoms with E-state index in [1.807, 2.05) is 0 Å². The molecule has 0 amide bonds. The Hall–Kier alpha value is -0.510. The molecule has 0 radical (unpaired) electrons. The monoisotopic (exact) mass is 292 g/mol. The van der Waals surface area contributed by atoms with E-state index in [4.69, 9.17) is 0 Å². The Morgan fingerprint density at radius 1 is 1.25 bits per heavy atom. The fraction of sp³-hybridized carbons (Fsp3) is 0.647. The molecular formula is C17H28N2S. The third kappa shape index (κ3) is 4.24. The molecular weight excluding hydrogens is 264 g/mol. The standard InChI is InChI=1S/C17H28N2S/c1-4-19(5-2)17(15-9-7-6-8-10-15)12-18-16-11-14(3)20-13-16/h6-10,14,16-18H,4-5,11-13H2,1-3H3. The molecule has 0 bridgehead atoms. The molecule has 1 heterocycles. The molecule has 1 aromatic carbocycles. The molecule has 3 heteroatoms. The Bertz CT molecular complexity index is 378. The van der Waals surface area contributed by atoms with Gasteiger partial charge in [0, 0.05) is 29.6 Å². The van der Waals surface area contributed by atoms with Crippen molar-refractivity contribution in [3.8, 4) is 0 Å². The van der Waals surface area contributed by atoms with Crippen LogP contribution in [-0.2, 0) is 0 Å². The lowest BCUT2D eigenvalue weighted by Gasteiger charge is -2.31. The van der Waals surface area contributed by atoms with Gasteiger partial charge in [-0.3, -0.25) is 4.90 Å². The zero-order valence-corrected chi connectivity index (χ0v) is 13.8. The van der Waals surface area contributed by atoms with Crippen LogP contribution in [0.5, 0.6) is 0 Å². The molecule has 1 N–H and O–H groups in total. The second-order valence-electron chi connectivity index (χ2n) is 5.63. The summed E-state index contributed by atoms with van der Waals surface area (Å²) in [6.07, 6.45) is 1.31. The van der Waals surface area contributed by atoms with Gasteiger partial charge in [-0.15, -0.1) is 0 Å². The summed E-state index contributed by atoms with van der Waals surface area (Å²) in [5.74, 6) is 1.26. The molecule has 20 heavy (non-hydrogen) atoms. The third-order valence-electron chi connectivity index (χ3n) is 4.24. The maximum atomic E-state index is 3.80. The summed E-state index contributed by atoms with van der Waals surface area (Å²) >= 11 is 2.10. The van der Waals surface area contributed by atoms with Crippen LogP contribution in [0.4, 0.5) is 0 Å². The first-order chi connectivity index (χ1) is 9.74. The summed E-state index contributed by atoms with van der Waals surface area (Å²) in [7, 11) is 0. The lowest BCUT2D eigenvalue weighted by atomic mass is 10.0. The van der Waals surface area contributed by atoms with Crippen LogP contribution in [0.1, 0.15) is 38.8 Å². The third-order valence-corrected chi connectivity index (χ3v) is 5.59. The molecule has 0 aromatic heterocycles. The van der Waals surface area contributed by atoms with Gasteiger partial charge in [0.2, 0.25) is 0 Å². The van der Waals surface area contributed by atoms with Crippen LogP contribution in [0.15, 0.2) is 30.3 Å². The Kier molecular flexibility index (Phi) is 6.40. The minimum atomic E-state index is 0.493. The molecule has 1 aliphatic heterocycles. The fourth-order valence-electron chi connectivity index (χ4n) is 3.04. The second-order valence-corrected chi connectivity index (χ2v) is 7.10. The Labute approximate surface area is 128 Å². The molecule has 3 unspecified atom stereocenters. The van der Waals surface area contributed by atoms with Crippen LogP contribution >= 0.6 is 11.8 Å². The van der Waals surface area contributed by atoms with Gasteiger partial charge < -0.3 is 5.32 Å². The highest BCUT2D eigenvalue weighted by molar-refractivity contribution is 8.00. The van der Waals surface area contributed by atoms with Crippen molar-refractivity contribution in [2.75, 3.05) is 25.4 Å². The predicted octanol–water partition coefficient (Wildman–Crippen LogP) is 3.55. The number of nitrogens with zero attached hydrogens (tertiary/aromatic N) is 1. The summed E-state index contributed by atoms with van der Waals surface area (Å²) in [4.78, 5) is 2.55. The van der Waals surface area contributed by atoms with Crippen LogP contribution in [0, 0.1) is 0 Å². The van der Waals surface area contributed by atoms with E-state index in [9.17, 15) is 0 Å². The number of hydrogen-bond acceptors (Lipinski definition) is 3. The van der Waals surface area contributed by atoms with Gasteiger partial charge in [0.25, 0.3) is 0 Å². The van der Waals surface area contributed by atoms with E-state index in [0.717, 1.165) is 24.9 Å². The Morgan fingerprint density at radius 3 is 2.50 bits per heavy atom. The van der Waals surface area contributed by atoms with Gasteiger partial charge in [-0.05, 0) is 25.1 Å². The number of likely N-dealkylation sites (N-methyl/N-ethyl adjacent to an activating group) is 1. The molecule has 112 valence electrons. The summed E-state index contributed by atoms with van der Waals surface area (Å²) in [5, 5.41) is 4.61. The van der Waals surface area contributed by atoms with Crippen molar-refractivity contribution in [2.24, 2.45) is 0 Å². The highest BCUT2D eigenvalue weighted by Gasteiger charge is 2.24. The molecule has 2 nitrogen and oxygen atoms in total. The zero-order chi connectivity index (χ0) is 14.4. The normalized spacial score (nSPS) is 24.2. The Morgan fingerprint density at radius 2 is 1.95 bits per heavy atom. The van der Waals surface area contributed by atoms with Crippen LogP contribution < -0.4 is 5.32 Å². The van der Waals surface area contributed by atoms with Gasteiger partial charge in [-0.25, -0.2) is 0 Å². The lowest BCUT2D eigenvalue weighted by Crippen LogP contribution is -2.40. The topological polar surface area (TPSA) is 15.3 Å². The van der Waals surface area contributed by atoms with Crippen LogP contribution in [0.3, 0.4) is 0 Å². The number of hydrogen-bond donors (Lipinski definition) is 1. The first kappa shape index (κ1) is 15.9. The summed E-state index contributed by atoms with van der Waals surface area (Å²) in [6.45, 7) is 10.1. The van der Waals surface area contributed by atoms with Crippen molar-refractivity contribution in [2.45, 2.75) is 44.5 Å². The minimum absolute atomic E-state index is 0.493. The van der Waals surface area contributed by atoms with E-state index in [-0.39, 0.29) is 0 Å². The van der Waals surface area contributed by atoms with E-state index < -0.39 is 0 Å². The summed E-state index contributed by atoms with van der Waals surface area (Å²) in [5.41, 5.74) is 1.43. The molecule has 1 saturated heterocycles. The Balaban J connectivity index is 1.99. The molecule has 0 saturated carbocycles. The van der Waals surface area contributed by atoms with Gasteiger partial charge in [0.05, 0.1) is 0 Å². The number of benzene rings is 1. The van der Waals surface area contributed by atoms with Crippen LogP contribution in [-0.4, -0.2) is 41.6 Å². The maximum Gasteiger partial charge on any atom is 0.0472 e. The molecule has 1 fully saturated rings. The SMILES string of the molecule is CCN(CC)C(CNC1CSC(C)C1)c1ccccc1. The second kappa shape index (κ2) is 8.06. The zero-order valence-electron chi connectivity index (χ0n) is 13.0. The first-order valence-corrected chi connectivity index (χ1v) is 8.93. The van der Waals surface area contributed by atoms with E-state index in [1.165, 1.54) is 17.7 Å². The average molecular weight is 292 g/mol. The highest BCUT2D eigenvalue weighted by Crippen LogP contribution is 2.27. The summed E-state index contributed by atoms with van der Waals surface area (Å²) < 4.78 is 0. The van der Waals surface area contributed by atoms with Gasteiger partial charge in [-0.1, -0.05) is 51.1 Å². The lowest BCUT2D eigenvalue weighted by molar-refractivity contribution is 0.209. The molecule has 1 aromatic rings. The highest BCUT2D eigenvalue weighted by atomic mass is 32.2.